The molecule has 0 saturated heterocycles. The molecule has 21 heavy (non-hydrogen) atoms. The van der Waals surface area contributed by atoms with E-state index in [0.29, 0.717) is 12.1 Å². The van der Waals surface area contributed by atoms with Crippen LogP contribution < -0.4 is 5.32 Å². The van der Waals surface area contributed by atoms with E-state index in [-0.39, 0.29) is 12.2 Å². The van der Waals surface area contributed by atoms with Crippen LogP contribution in [0.2, 0.25) is 0 Å². The van der Waals surface area contributed by atoms with Crippen LogP contribution in [0.25, 0.3) is 0 Å². The number of nitrogens with zero attached hydrogens (tertiary/aromatic N) is 1. The highest BCUT2D eigenvalue weighted by molar-refractivity contribution is 6.00. The monoisotopic (exact) mass is 302 g/mol. The molecule has 6 nitrogen and oxygen atoms in total. The minimum atomic E-state index is -1.51. The molecule has 0 aromatic heterocycles. The van der Waals surface area contributed by atoms with Gasteiger partial charge in [-0.1, -0.05) is 0 Å². The standard InChI is InChI=1S/C13H16F2N2O4/c1-13(2,21)6-17(3)12(20)16-10-5-9(15)8(14)4-7(10)11(18)19/h4-5,21H,6H2,1-3H3,(H,16,20)(H,18,19). The molecular weight excluding hydrogens is 286 g/mol. The van der Waals surface area contributed by atoms with Gasteiger partial charge in [-0.2, -0.15) is 0 Å². The predicted molar refractivity (Wildman–Crippen MR) is 71.3 cm³/mol. The first-order valence-electron chi connectivity index (χ1n) is 5.98. The maximum absolute atomic E-state index is 13.2. The molecule has 0 spiro atoms. The van der Waals surface area contributed by atoms with Crippen molar-refractivity contribution >= 4 is 17.7 Å². The van der Waals surface area contributed by atoms with Gasteiger partial charge in [0.05, 0.1) is 23.4 Å². The normalized spacial score (nSPS) is 11.1. The molecular formula is C13H16F2N2O4. The molecule has 0 saturated carbocycles. The van der Waals surface area contributed by atoms with Crippen LogP contribution in [-0.4, -0.2) is 46.3 Å². The third-order valence-electron chi connectivity index (χ3n) is 2.50. The molecule has 0 fully saturated rings. The number of halogens is 2. The van der Waals surface area contributed by atoms with Crippen molar-refractivity contribution in [1.29, 1.82) is 0 Å². The van der Waals surface area contributed by atoms with E-state index < -0.39 is 34.8 Å². The summed E-state index contributed by atoms with van der Waals surface area (Å²) in [5.41, 5.74) is -2.09. The van der Waals surface area contributed by atoms with Gasteiger partial charge >= 0.3 is 12.0 Å². The number of carbonyl (C=O) groups is 2. The van der Waals surface area contributed by atoms with Crippen molar-refractivity contribution in [3.05, 3.63) is 29.3 Å². The number of likely N-dealkylation sites (N-methyl/N-ethyl adjacent to an activating group) is 1. The topological polar surface area (TPSA) is 89.9 Å². The molecule has 0 radical (unpaired) electrons. The van der Waals surface area contributed by atoms with Crippen LogP contribution in [0.4, 0.5) is 19.3 Å². The summed E-state index contributed by atoms with van der Waals surface area (Å²) >= 11 is 0. The number of aromatic carboxylic acids is 1. The highest BCUT2D eigenvalue weighted by Crippen LogP contribution is 2.20. The Hall–Kier alpha value is -2.22. The van der Waals surface area contributed by atoms with Gasteiger partial charge < -0.3 is 20.4 Å². The molecule has 1 rings (SSSR count). The SMILES string of the molecule is CN(CC(C)(C)O)C(=O)Nc1cc(F)c(F)cc1C(=O)O. The fourth-order valence-corrected chi connectivity index (χ4v) is 1.69. The van der Waals surface area contributed by atoms with Crippen molar-refractivity contribution in [2.24, 2.45) is 0 Å². The number of rotatable bonds is 4. The first-order chi connectivity index (χ1) is 9.51. The maximum atomic E-state index is 13.2. The second kappa shape index (κ2) is 6.04. The highest BCUT2D eigenvalue weighted by Gasteiger charge is 2.22. The Morgan fingerprint density at radius 1 is 1.29 bits per heavy atom. The number of nitrogens with one attached hydrogen (secondary N) is 1. The molecule has 2 amide bonds. The average molecular weight is 302 g/mol. The molecule has 116 valence electrons. The zero-order valence-electron chi connectivity index (χ0n) is 11.8. The lowest BCUT2D eigenvalue weighted by molar-refractivity contribution is 0.0550. The van der Waals surface area contributed by atoms with Crippen molar-refractivity contribution in [2.75, 3.05) is 18.9 Å². The van der Waals surface area contributed by atoms with Gasteiger partial charge in [0, 0.05) is 13.1 Å². The molecule has 3 N–H and O–H groups in total. The third kappa shape index (κ3) is 4.67. The van der Waals surface area contributed by atoms with E-state index >= 15 is 0 Å². The van der Waals surface area contributed by atoms with E-state index in [1.165, 1.54) is 20.9 Å². The molecule has 0 aliphatic rings. The fraction of sp³-hybridized carbons (Fsp3) is 0.385. The molecule has 8 heteroatoms. The van der Waals surface area contributed by atoms with Gasteiger partial charge in [-0.05, 0) is 19.9 Å². The van der Waals surface area contributed by atoms with Crippen LogP contribution in [0, 0.1) is 11.6 Å². The van der Waals surface area contributed by atoms with E-state index in [9.17, 15) is 23.5 Å². The fourth-order valence-electron chi connectivity index (χ4n) is 1.69. The zero-order chi connectivity index (χ0) is 16.4. The lowest BCUT2D eigenvalue weighted by Gasteiger charge is -2.26. The first-order valence-corrected chi connectivity index (χ1v) is 5.98. The summed E-state index contributed by atoms with van der Waals surface area (Å²) in [5.74, 6) is -4.11. The second-order valence-electron chi connectivity index (χ2n) is 5.22. The number of aliphatic hydroxyl groups is 1. The summed E-state index contributed by atoms with van der Waals surface area (Å²) in [6.45, 7) is 2.93. The Morgan fingerprint density at radius 2 is 1.81 bits per heavy atom. The van der Waals surface area contributed by atoms with Crippen LogP contribution in [0.1, 0.15) is 24.2 Å². The Balaban J connectivity index is 2.99. The van der Waals surface area contributed by atoms with E-state index in [1.807, 2.05) is 0 Å². The Kier molecular flexibility index (Phi) is 4.84. The minimum absolute atomic E-state index is 0.0368. The molecule has 1 aromatic carbocycles. The summed E-state index contributed by atoms with van der Waals surface area (Å²) in [4.78, 5) is 23.9. The van der Waals surface area contributed by atoms with E-state index in [0.717, 1.165) is 4.90 Å². The van der Waals surface area contributed by atoms with E-state index in [4.69, 9.17) is 5.11 Å². The predicted octanol–water partition coefficient (Wildman–Crippen LogP) is 1.90. The van der Waals surface area contributed by atoms with Gasteiger partial charge in [0.15, 0.2) is 11.6 Å². The molecule has 0 heterocycles. The van der Waals surface area contributed by atoms with E-state index in [2.05, 4.69) is 5.32 Å². The molecule has 0 unspecified atom stereocenters. The van der Waals surface area contributed by atoms with Gasteiger partial charge in [-0.25, -0.2) is 18.4 Å². The highest BCUT2D eigenvalue weighted by atomic mass is 19.2. The summed E-state index contributed by atoms with van der Waals surface area (Å²) in [6, 6.07) is 0.323. The first kappa shape index (κ1) is 16.8. The number of anilines is 1. The van der Waals surface area contributed by atoms with Crippen LogP contribution in [0.5, 0.6) is 0 Å². The van der Waals surface area contributed by atoms with Crippen LogP contribution in [-0.2, 0) is 0 Å². The summed E-state index contributed by atoms with van der Waals surface area (Å²) < 4.78 is 26.2. The molecule has 1 aromatic rings. The second-order valence-corrected chi connectivity index (χ2v) is 5.22. The lowest BCUT2D eigenvalue weighted by Crippen LogP contribution is -2.41. The molecule has 0 bridgehead atoms. The number of carboxylic acid groups (broad SMARTS) is 1. The van der Waals surface area contributed by atoms with Crippen molar-refractivity contribution in [3.63, 3.8) is 0 Å². The molecule has 0 aliphatic carbocycles. The van der Waals surface area contributed by atoms with E-state index in [1.54, 1.807) is 0 Å². The number of carbonyl (C=O) groups excluding carboxylic acids is 1. The Morgan fingerprint density at radius 3 is 2.29 bits per heavy atom. The van der Waals surface area contributed by atoms with Gasteiger partial charge in [0.1, 0.15) is 0 Å². The number of benzene rings is 1. The maximum Gasteiger partial charge on any atom is 0.337 e. The quantitative estimate of drug-likeness (QED) is 0.792. The Labute approximate surface area is 120 Å². The third-order valence-corrected chi connectivity index (χ3v) is 2.50. The molecule has 0 aliphatic heterocycles. The summed E-state index contributed by atoms with van der Waals surface area (Å²) in [7, 11) is 1.37. The Bertz CT molecular complexity index is 570. The lowest BCUT2D eigenvalue weighted by atomic mass is 10.1. The molecule has 0 atom stereocenters. The number of carboxylic acids is 1. The number of urea groups is 1. The van der Waals surface area contributed by atoms with Gasteiger partial charge in [0.25, 0.3) is 0 Å². The van der Waals surface area contributed by atoms with Crippen molar-refractivity contribution in [3.8, 4) is 0 Å². The zero-order valence-corrected chi connectivity index (χ0v) is 11.8. The number of hydrogen-bond acceptors (Lipinski definition) is 3. The average Bonchev–Trinajstić information content (AvgIpc) is 2.30. The summed E-state index contributed by atoms with van der Waals surface area (Å²) in [6.07, 6.45) is 0. The van der Waals surface area contributed by atoms with Crippen LogP contribution in [0.3, 0.4) is 0 Å². The largest absolute Gasteiger partial charge is 0.478 e. The minimum Gasteiger partial charge on any atom is -0.478 e. The van der Waals surface area contributed by atoms with Gasteiger partial charge in [-0.3, -0.25) is 0 Å². The van der Waals surface area contributed by atoms with Crippen LogP contribution in [0.15, 0.2) is 12.1 Å². The van der Waals surface area contributed by atoms with Gasteiger partial charge in [-0.15, -0.1) is 0 Å². The summed E-state index contributed by atoms with van der Waals surface area (Å²) in [5, 5.41) is 20.7. The van der Waals surface area contributed by atoms with Gasteiger partial charge in [0.2, 0.25) is 0 Å². The van der Waals surface area contributed by atoms with Crippen LogP contribution >= 0.6 is 0 Å². The number of amides is 2. The smallest absolute Gasteiger partial charge is 0.337 e. The van der Waals surface area contributed by atoms with Crippen molar-refractivity contribution in [2.45, 2.75) is 19.4 Å². The number of hydrogen-bond donors (Lipinski definition) is 3. The van der Waals surface area contributed by atoms with Crippen molar-refractivity contribution < 1.29 is 28.6 Å². The van der Waals surface area contributed by atoms with Crippen molar-refractivity contribution in [1.82, 2.24) is 4.90 Å².